The van der Waals surface area contributed by atoms with Crippen LogP contribution in [0.5, 0.6) is 0 Å². The van der Waals surface area contributed by atoms with Crippen LogP contribution in [0.25, 0.3) is 0 Å². The fourth-order valence-corrected chi connectivity index (χ4v) is 2.15. The summed E-state index contributed by atoms with van der Waals surface area (Å²) in [6, 6.07) is 6.85. The van der Waals surface area contributed by atoms with Crippen molar-refractivity contribution in [1.29, 1.82) is 5.26 Å². The van der Waals surface area contributed by atoms with Crippen molar-refractivity contribution in [3.8, 4) is 6.07 Å². The van der Waals surface area contributed by atoms with E-state index in [0.717, 1.165) is 19.5 Å². The molecule has 0 aromatic heterocycles. The Labute approximate surface area is 101 Å². The first-order chi connectivity index (χ1) is 8.28. The maximum atomic E-state index is 13.1. The number of hydrogen-bond donors (Lipinski definition) is 2. The van der Waals surface area contributed by atoms with Gasteiger partial charge >= 0.3 is 0 Å². The van der Waals surface area contributed by atoms with Crippen molar-refractivity contribution in [2.75, 3.05) is 18.4 Å². The molecule has 0 aliphatic carbocycles. The minimum Gasteiger partial charge on any atom is -0.385 e. The van der Waals surface area contributed by atoms with E-state index in [2.05, 4.69) is 10.6 Å². The molecule has 17 heavy (non-hydrogen) atoms. The van der Waals surface area contributed by atoms with E-state index in [9.17, 15) is 4.39 Å². The molecule has 1 heterocycles. The highest BCUT2D eigenvalue weighted by Crippen LogP contribution is 2.14. The number of nitrogens with zero attached hydrogens (tertiary/aromatic N) is 1. The smallest absolute Gasteiger partial charge is 0.126 e. The van der Waals surface area contributed by atoms with Gasteiger partial charge in [0.05, 0.1) is 11.6 Å². The summed E-state index contributed by atoms with van der Waals surface area (Å²) < 4.78 is 13.1. The maximum Gasteiger partial charge on any atom is 0.126 e. The molecule has 0 saturated carbocycles. The van der Waals surface area contributed by atoms with Crippen LogP contribution in [0.4, 0.5) is 10.1 Å². The highest BCUT2D eigenvalue weighted by atomic mass is 19.1. The molecule has 0 bridgehead atoms. The third kappa shape index (κ3) is 3.43. The number of rotatable bonds is 4. The van der Waals surface area contributed by atoms with E-state index in [-0.39, 0.29) is 5.82 Å². The summed E-state index contributed by atoms with van der Waals surface area (Å²) in [6.45, 7) is 1.90. The van der Waals surface area contributed by atoms with Crippen molar-refractivity contribution in [1.82, 2.24) is 5.32 Å². The van der Waals surface area contributed by atoms with Crippen LogP contribution in [0.3, 0.4) is 0 Å². The topological polar surface area (TPSA) is 47.9 Å². The van der Waals surface area contributed by atoms with Crippen LogP contribution in [0.2, 0.25) is 0 Å². The van der Waals surface area contributed by atoms with E-state index >= 15 is 0 Å². The molecule has 1 atom stereocenters. The van der Waals surface area contributed by atoms with Crippen LogP contribution in [0.15, 0.2) is 18.2 Å². The van der Waals surface area contributed by atoms with Gasteiger partial charge in [-0.2, -0.15) is 5.26 Å². The van der Waals surface area contributed by atoms with Crippen molar-refractivity contribution in [2.45, 2.75) is 25.3 Å². The zero-order chi connectivity index (χ0) is 12.1. The van der Waals surface area contributed by atoms with E-state index in [1.54, 1.807) is 6.07 Å². The molecule has 1 fully saturated rings. The predicted molar refractivity (Wildman–Crippen MR) is 65.2 cm³/mol. The molecule has 3 nitrogen and oxygen atoms in total. The Balaban J connectivity index is 1.85. The van der Waals surface area contributed by atoms with Crippen molar-refractivity contribution >= 4 is 5.69 Å². The van der Waals surface area contributed by atoms with Crippen LogP contribution >= 0.6 is 0 Å². The van der Waals surface area contributed by atoms with Gasteiger partial charge in [0.25, 0.3) is 0 Å². The quantitative estimate of drug-likeness (QED) is 0.838. The van der Waals surface area contributed by atoms with Crippen LogP contribution in [-0.2, 0) is 0 Å². The summed E-state index contributed by atoms with van der Waals surface area (Å²) in [5.41, 5.74) is 1.03. The molecule has 1 aromatic rings. The second-order valence-electron chi connectivity index (χ2n) is 4.35. The molecule has 2 rings (SSSR count). The number of anilines is 1. The van der Waals surface area contributed by atoms with Gasteiger partial charge in [-0.15, -0.1) is 0 Å². The first-order valence-corrected chi connectivity index (χ1v) is 5.96. The lowest BCUT2D eigenvalue weighted by atomic mass is 10.1. The maximum absolute atomic E-state index is 13.1. The lowest BCUT2D eigenvalue weighted by Gasteiger charge is -2.11. The highest BCUT2D eigenvalue weighted by Gasteiger charge is 2.12. The number of halogens is 1. The van der Waals surface area contributed by atoms with Gasteiger partial charge in [-0.3, -0.25) is 0 Å². The second-order valence-corrected chi connectivity index (χ2v) is 4.35. The van der Waals surface area contributed by atoms with Crippen LogP contribution < -0.4 is 10.6 Å². The van der Waals surface area contributed by atoms with Crippen molar-refractivity contribution in [3.63, 3.8) is 0 Å². The Bertz CT molecular complexity index is 419. The van der Waals surface area contributed by atoms with Crippen LogP contribution in [0.1, 0.15) is 24.8 Å². The molecule has 0 spiro atoms. The lowest BCUT2D eigenvalue weighted by molar-refractivity contribution is 0.574. The van der Waals surface area contributed by atoms with Gasteiger partial charge in [-0.25, -0.2) is 4.39 Å². The zero-order valence-corrected chi connectivity index (χ0v) is 9.67. The number of nitriles is 1. The molecule has 1 aliphatic heterocycles. The van der Waals surface area contributed by atoms with Gasteiger partial charge in [-0.05, 0) is 44.0 Å². The molecule has 1 saturated heterocycles. The fourth-order valence-electron chi connectivity index (χ4n) is 2.15. The van der Waals surface area contributed by atoms with Gasteiger partial charge in [0.2, 0.25) is 0 Å². The Morgan fingerprint density at radius 1 is 1.47 bits per heavy atom. The van der Waals surface area contributed by atoms with E-state index in [1.165, 1.54) is 25.0 Å². The Kier molecular flexibility index (Phi) is 3.94. The summed E-state index contributed by atoms with van der Waals surface area (Å²) in [4.78, 5) is 0. The predicted octanol–water partition coefficient (Wildman–Crippen LogP) is 2.25. The highest BCUT2D eigenvalue weighted by molar-refractivity contribution is 5.49. The summed E-state index contributed by atoms with van der Waals surface area (Å²) >= 11 is 0. The van der Waals surface area contributed by atoms with Gasteiger partial charge in [0.15, 0.2) is 0 Å². The van der Waals surface area contributed by atoms with E-state index < -0.39 is 0 Å². The molecule has 90 valence electrons. The van der Waals surface area contributed by atoms with Gasteiger partial charge in [0, 0.05) is 18.3 Å². The third-order valence-corrected chi connectivity index (χ3v) is 3.01. The standard InChI is InChI=1S/C13H16FN3/c14-11-6-10(9-15)7-13(8-11)17-5-3-12-2-1-4-16-12/h6-8,12,16-17H,1-5H2. The van der Waals surface area contributed by atoms with E-state index in [4.69, 9.17) is 5.26 Å². The van der Waals surface area contributed by atoms with E-state index in [0.29, 0.717) is 17.3 Å². The minimum absolute atomic E-state index is 0.353. The monoisotopic (exact) mass is 233 g/mol. The molecule has 1 aliphatic rings. The van der Waals surface area contributed by atoms with Gasteiger partial charge in [-0.1, -0.05) is 0 Å². The SMILES string of the molecule is N#Cc1cc(F)cc(NCCC2CCCN2)c1. The zero-order valence-electron chi connectivity index (χ0n) is 9.67. The first kappa shape index (κ1) is 11.9. The van der Waals surface area contributed by atoms with Crippen LogP contribution in [0, 0.1) is 17.1 Å². The Morgan fingerprint density at radius 2 is 2.35 bits per heavy atom. The summed E-state index contributed by atoms with van der Waals surface area (Å²) in [7, 11) is 0. The number of benzene rings is 1. The Morgan fingerprint density at radius 3 is 3.06 bits per heavy atom. The third-order valence-electron chi connectivity index (χ3n) is 3.01. The van der Waals surface area contributed by atoms with Crippen molar-refractivity contribution in [2.24, 2.45) is 0 Å². The molecule has 0 amide bonds. The molecule has 1 aromatic carbocycles. The summed E-state index contributed by atoms with van der Waals surface area (Å²) in [6.07, 6.45) is 3.48. The first-order valence-electron chi connectivity index (χ1n) is 5.96. The molecular weight excluding hydrogens is 217 g/mol. The molecule has 1 unspecified atom stereocenters. The lowest BCUT2D eigenvalue weighted by Crippen LogP contribution is -2.24. The van der Waals surface area contributed by atoms with Crippen LogP contribution in [-0.4, -0.2) is 19.1 Å². The average molecular weight is 233 g/mol. The van der Waals surface area contributed by atoms with E-state index in [1.807, 2.05) is 6.07 Å². The second kappa shape index (κ2) is 5.65. The molecule has 0 radical (unpaired) electrons. The molecule has 2 N–H and O–H groups in total. The van der Waals surface area contributed by atoms with Crippen molar-refractivity contribution < 1.29 is 4.39 Å². The minimum atomic E-state index is -0.370. The van der Waals surface area contributed by atoms with Crippen molar-refractivity contribution in [3.05, 3.63) is 29.6 Å². The molecular formula is C13H16FN3. The Hall–Kier alpha value is -1.60. The number of nitrogens with one attached hydrogen (secondary N) is 2. The number of hydrogen-bond acceptors (Lipinski definition) is 3. The average Bonchev–Trinajstić information content (AvgIpc) is 2.81. The summed E-state index contributed by atoms with van der Waals surface area (Å²) in [5, 5.41) is 15.3. The molecule has 4 heteroatoms. The fraction of sp³-hybridized carbons (Fsp3) is 0.462. The van der Waals surface area contributed by atoms with Gasteiger partial charge in [0.1, 0.15) is 5.82 Å². The largest absolute Gasteiger partial charge is 0.385 e. The normalized spacial score (nSPS) is 18.9. The van der Waals surface area contributed by atoms with Gasteiger partial charge < -0.3 is 10.6 Å². The summed E-state index contributed by atoms with van der Waals surface area (Å²) in [5.74, 6) is -0.370.